The summed E-state index contributed by atoms with van der Waals surface area (Å²) in [5.41, 5.74) is -7.21. The van der Waals surface area contributed by atoms with Crippen molar-refractivity contribution in [2.75, 3.05) is 55.7 Å². The van der Waals surface area contributed by atoms with E-state index in [1.807, 2.05) is 7.05 Å². The second-order valence-electron chi connectivity index (χ2n) is 14.1. The topological polar surface area (TPSA) is 157 Å². The second-order valence-corrected chi connectivity index (χ2v) is 14.1. The van der Waals surface area contributed by atoms with Gasteiger partial charge in [-0.2, -0.15) is 0 Å². The van der Waals surface area contributed by atoms with Gasteiger partial charge < -0.3 is 53.7 Å². The van der Waals surface area contributed by atoms with E-state index in [-0.39, 0.29) is 25.0 Å². The molecule has 1 spiro atoms. The Kier molecular flexibility index (Phi) is 6.96. The molecule has 1 aliphatic heterocycles. The van der Waals surface area contributed by atoms with Gasteiger partial charge in [0.1, 0.15) is 29.5 Å². The van der Waals surface area contributed by atoms with Crippen LogP contribution in [0.5, 0.6) is 0 Å². The molecule has 4 N–H and O–H groups in total. The fourth-order valence-electron chi connectivity index (χ4n) is 12.2. The molecule has 0 radical (unpaired) electrons. The van der Waals surface area contributed by atoms with E-state index >= 15 is 0 Å². The van der Waals surface area contributed by atoms with E-state index in [0.717, 1.165) is 0 Å². The molecule has 1 aromatic rings. The lowest BCUT2D eigenvalue weighted by atomic mass is 9.40. The Morgan fingerprint density at radius 1 is 0.977 bits per heavy atom. The zero-order valence-electron chi connectivity index (χ0n) is 26.1. The third-order valence-corrected chi connectivity index (χ3v) is 13.0. The molecule has 6 aliphatic rings. The predicted molar refractivity (Wildman–Crippen MR) is 153 cm³/mol. The van der Waals surface area contributed by atoms with Gasteiger partial charge in [-0.05, 0) is 19.2 Å². The van der Waals surface area contributed by atoms with Gasteiger partial charge in [0.25, 0.3) is 0 Å². The van der Waals surface area contributed by atoms with E-state index < -0.39 is 94.0 Å². The summed E-state index contributed by atoms with van der Waals surface area (Å²) in [7, 11) is 9.54. The Bertz CT molecular complexity index is 1300. The van der Waals surface area contributed by atoms with Crippen LogP contribution in [0.15, 0.2) is 30.3 Å². The minimum atomic E-state index is -1.99. The highest BCUT2D eigenvalue weighted by Crippen LogP contribution is 2.81. The number of ether oxygens (including phenoxy) is 6. The van der Waals surface area contributed by atoms with Gasteiger partial charge in [-0.1, -0.05) is 18.2 Å². The molecule has 1 heterocycles. The van der Waals surface area contributed by atoms with E-state index in [1.165, 1.54) is 14.2 Å². The highest BCUT2D eigenvalue weighted by atomic mass is 16.6. The molecular weight excluding hydrogens is 574 g/mol. The summed E-state index contributed by atoms with van der Waals surface area (Å²) >= 11 is 0. The number of rotatable bonds is 8. The summed E-state index contributed by atoms with van der Waals surface area (Å²) in [5, 5.41) is 50.5. The van der Waals surface area contributed by atoms with Crippen LogP contribution in [0.25, 0.3) is 0 Å². The summed E-state index contributed by atoms with van der Waals surface area (Å²) in [6.07, 6.45) is -6.32. The maximum absolute atomic E-state index is 13.7. The smallest absolute Gasteiger partial charge is 0.338 e. The standard InChI is InChI=1S/C32H45NO11/c1-33-14-28(15-39-2)17(34)12-18(40-3)31-21(28)20(41-4)19(23(31)33)32(43-6)22-25(44-27(36)16-10-8-7-9-11-16)29(37,13-30(22,31)38)26(42-5)24(32)35/h7-11,17-26,34-35,37-38H,12-15H2,1-6H3/t17-,18+,19+,20+,21-,22+,23?,24+,25-,26+,28+,29-,30+,31-,32+/m1/s1. The van der Waals surface area contributed by atoms with Gasteiger partial charge in [-0.15, -0.1) is 0 Å². The maximum Gasteiger partial charge on any atom is 0.338 e. The molecule has 1 aromatic carbocycles. The number of aliphatic hydroxyl groups is 4. The molecule has 44 heavy (non-hydrogen) atoms. The van der Waals surface area contributed by atoms with Crippen LogP contribution < -0.4 is 0 Å². The first-order valence-electron chi connectivity index (χ1n) is 15.4. The molecule has 12 heteroatoms. The quantitative estimate of drug-likeness (QED) is 0.276. The summed E-state index contributed by atoms with van der Waals surface area (Å²) in [6, 6.07) is 7.97. The molecule has 0 aromatic heterocycles. The van der Waals surface area contributed by atoms with Gasteiger partial charge in [-0.25, -0.2) is 4.79 Å². The monoisotopic (exact) mass is 619 g/mol. The minimum absolute atomic E-state index is 0.182. The lowest BCUT2D eigenvalue weighted by Crippen LogP contribution is -2.85. The number of hydrogen-bond acceptors (Lipinski definition) is 12. The first-order valence-corrected chi connectivity index (χ1v) is 15.4. The molecule has 12 nitrogen and oxygen atoms in total. The number of methoxy groups -OCH3 is 5. The number of carbonyl (C=O) groups is 1. The number of likely N-dealkylation sites (tertiary alicyclic amines) is 1. The SMILES string of the molecule is COC[C@]12CN(C)C3[C@@H]4[C@H](OC)[C@H]1[C@@]3([C@@H](OC)C[C@H]2O)[C@]1(O)C[C@@]2(O)[C@H](OC(=O)c3ccccc3)[C@@H]1[C@]4(OC)[C@@H](O)[C@@H]2OC. The van der Waals surface area contributed by atoms with Crippen molar-refractivity contribution in [1.29, 1.82) is 0 Å². The summed E-state index contributed by atoms with van der Waals surface area (Å²) in [6.45, 7) is 0.619. The third-order valence-electron chi connectivity index (χ3n) is 13.0. The van der Waals surface area contributed by atoms with E-state index in [2.05, 4.69) is 4.90 Å². The number of hydrogen-bond donors (Lipinski definition) is 4. The lowest BCUT2D eigenvalue weighted by Gasteiger charge is -2.72. The number of piperidine rings is 1. The third kappa shape index (κ3) is 3.12. The average Bonchev–Trinajstić information content (AvgIpc) is 3.37. The average molecular weight is 620 g/mol. The second kappa shape index (κ2) is 9.90. The van der Waals surface area contributed by atoms with Gasteiger partial charge in [0.2, 0.25) is 0 Å². The molecule has 5 aliphatic carbocycles. The van der Waals surface area contributed by atoms with Crippen LogP contribution in [0.1, 0.15) is 23.2 Å². The van der Waals surface area contributed by atoms with Crippen LogP contribution in [-0.2, 0) is 28.4 Å². The van der Waals surface area contributed by atoms with Crippen LogP contribution in [0.2, 0.25) is 0 Å². The lowest BCUT2D eigenvalue weighted by molar-refractivity contribution is -0.356. The largest absolute Gasteiger partial charge is 0.455 e. The van der Waals surface area contributed by atoms with Crippen LogP contribution in [0, 0.1) is 28.6 Å². The maximum atomic E-state index is 13.7. The molecule has 7 bridgehead atoms. The van der Waals surface area contributed by atoms with E-state index in [0.29, 0.717) is 6.54 Å². The predicted octanol–water partition coefficient (Wildman–Crippen LogP) is -0.544. The number of carbonyl (C=O) groups excluding carboxylic acids is 1. The van der Waals surface area contributed by atoms with Gasteiger partial charge >= 0.3 is 5.97 Å². The van der Waals surface area contributed by atoms with Crippen LogP contribution >= 0.6 is 0 Å². The molecule has 7 rings (SSSR count). The summed E-state index contributed by atoms with van der Waals surface area (Å²) < 4.78 is 37.0. The zero-order valence-corrected chi connectivity index (χ0v) is 26.1. The molecule has 6 fully saturated rings. The van der Waals surface area contributed by atoms with Crippen molar-refractivity contribution in [3.63, 3.8) is 0 Å². The van der Waals surface area contributed by atoms with Crippen molar-refractivity contribution in [2.45, 2.75) is 72.3 Å². The van der Waals surface area contributed by atoms with Crippen molar-refractivity contribution in [1.82, 2.24) is 4.90 Å². The Morgan fingerprint density at radius 3 is 2.27 bits per heavy atom. The molecule has 5 saturated carbocycles. The highest BCUT2D eigenvalue weighted by Gasteiger charge is 2.95. The van der Waals surface area contributed by atoms with E-state index in [9.17, 15) is 25.2 Å². The van der Waals surface area contributed by atoms with Crippen molar-refractivity contribution in [3.05, 3.63) is 35.9 Å². The molecule has 1 unspecified atom stereocenters. The van der Waals surface area contributed by atoms with Gasteiger partial charge in [0.15, 0.2) is 0 Å². The number of nitrogens with zero attached hydrogens (tertiary/aromatic N) is 1. The first-order chi connectivity index (χ1) is 21.0. The summed E-state index contributed by atoms with van der Waals surface area (Å²) in [5.74, 6) is -2.94. The van der Waals surface area contributed by atoms with Gasteiger partial charge in [-0.3, -0.25) is 0 Å². The summed E-state index contributed by atoms with van der Waals surface area (Å²) in [4.78, 5) is 15.8. The van der Waals surface area contributed by atoms with Crippen LogP contribution in [-0.4, -0.2) is 147 Å². The highest BCUT2D eigenvalue weighted by molar-refractivity contribution is 5.89. The van der Waals surface area contributed by atoms with Crippen LogP contribution in [0.4, 0.5) is 0 Å². The van der Waals surface area contributed by atoms with Crippen molar-refractivity contribution >= 4 is 5.97 Å². The van der Waals surface area contributed by atoms with Crippen LogP contribution in [0.3, 0.4) is 0 Å². The molecule has 1 saturated heterocycles. The Morgan fingerprint density at radius 2 is 1.68 bits per heavy atom. The number of fused-ring (bicyclic) bond motifs is 2. The Hall–Kier alpha value is -1.71. The molecule has 0 amide bonds. The van der Waals surface area contributed by atoms with E-state index in [1.54, 1.807) is 51.7 Å². The number of aliphatic hydroxyl groups excluding tert-OH is 2. The molecule has 244 valence electrons. The fourth-order valence-corrected chi connectivity index (χ4v) is 12.2. The Balaban J connectivity index is 1.53. The van der Waals surface area contributed by atoms with Gasteiger partial charge in [0, 0.05) is 83.6 Å². The Labute approximate surface area is 257 Å². The number of esters is 1. The number of benzene rings is 1. The minimum Gasteiger partial charge on any atom is -0.455 e. The molecule has 15 atom stereocenters. The van der Waals surface area contributed by atoms with Crippen molar-refractivity contribution in [2.24, 2.45) is 28.6 Å². The fraction of sp³-hybridized carbons (Fsp3) is 0.781. The van der Waals surface area contributed by atoms with Crippen molar-refractivity contribution in [3.8, 4) is 0 Å². The van der Waals surface area contributed by atoms with E-state index in [4.69, 9.17) is 28.4 Å². The normalized spacial score (nSPS) is 53.5. The zero-order chi connectivity index (χ0) is 31.6. The van der Waals surface area contributed by atoms with Crippen molar-refractivity contribution < 1.29 is 53.6 Å². The first kappa shape index (κ1) is 30.9. The van der Waals surface area contributed by atoms with Gasteiger partial charge in [0.05, 0.1) is 42.0 Å². The molecular formula is C32H45NO11.